The fourth-order valence-corrected chi connectivity index (χ4v) is 4.59. The Hall–Kier alpha value is -2.65. The zero-order valence-electron chi connectivity index (χ0n) is 17.3. The number of amides is 1. The van der Waals surface area contributed by atoms with Gasteiger partial charge in [0, 0.05) is 5.56 Å². The monoisotopic (exact) mass is 558 g/mol. The predicted octanol–water partition coefficient (Wildman–Crippen LogP) is 6.46. The lowest BCUT2D eigenvalue weighted by molar-refractivity contribution is -0.115. The highest BCUT2D eigenvalue weighted by atomic mass is 127. The SMILES string of the molecule is CCc1ccc(N=C2NC(=O)/C(=C/c3ccc(OCc4ccccc4F)c(I)c3)S2)cc1. The summed E-state index contributed by atoms with van der Waals surface area (Å²) in [4.78, 5) is 17.5. The van der Waals surface area contributed by atoms with E-state index in [1.165, 1.54) is 23.4 Å². The third kappa shape index (κ3) is 5.58. The molecule has 1 heterocycles. The van der Waals surface area contributed by atoms with Crippen LogP contribution in [0.5, 0.6) is 5.75 Å². The van der Waals surface area contributed by atoms with Crippen LogP contribution in [0, 0.1) is 9.39 Å². The third-order valence-corrected chi connectivity index (χ3v) is 6.57. The van der Waals surface area contributed by atoms with Crippen LogP contribution in [0.1, 0.15) is 23.6 Å². The van der Waals surface area contributed by atoms with Crippen molar-refractivity contribution in [1.29, 1.82) is 0 Å². The first kappa shape index (κ1) is 22.5. The summed E-state index contributed by atoms with van der Waals surface area (Å²) in [5.41, 5.74) is 3.43. The lowest BCUT2D eigenvalue weighted by Crippen LogP contribution is -2.19. The summed E-state index contributed by atoms with van der Waals surface area (Å²) in [5, 5.41) is 3.37. The Bertz CT molecular complexity index is 1210. The number of aliphatic imine (C=N–C) groups is 1. The number of carbonyl (C=O) groups excluding carboxylic acids is 1. The fraction of sp³-hybridized carbons (Fsp3) is 0.120. The lowest BCUT2D eigenvalue weighted by atomic mass is 10.2. The van der Waals surface area contributed by atoms with Crippen LogP contribution in [0.4, 0.5) is 10.1 Å². The first-order chi connectivity index (χ1) is 15.5. The van der Waals surface area contributed by atoms with Gasteiger partial charge in [-0.05, 0) is 88.3 Å². The number of nitrogens with zero attached hydrogens (tertiary/aromatic N) is 1. The van der Waals surface area contributed by atoms with Crippen molar-refractivity contribution in [3.8, 4) is 5.75 Å². The van der Waals surface area contributed by atoms with E-state index in [1.807, 2.05) is 48.5 Å². The van der Waals surface area contributed by atoms with Gasteiger partial charge in [-0.2, -0.15) is 0 Å². The molecule has 0 unspecified atom stereocenters. The van der Waals surface area contributed by atoms with Crippen molar-refractivity contribution in [1.82, 2.24) is 5.32 Å². The highest BCUT2D eigenvalue weighted by Crippen LogP contribution is 2.30. The molecule has 1 aliphatic rings. The number of benzene rings is 3. The van der Waals surface area contributed by atoms with Crippen molar-refractivity contribution < 1.29 is 13.9 Å². The predicted molar refractivity (Wildman–Crippen MR) is 137 cm³/mol. The second-order valence-corrected chi connectivity index (χ2v) is 9.26. The number of carbonyl (C=O) groups is 1. The van der Waals surface area contributed by atoms with Crippen molar-refractivity contribution in [2.24, 2.45) is 4.99 Å². The standard InChI is InChI=1S/C25H20FIN2O2S/c1-2-16-7-10-19(11-8-16)28-25-29-24(30)23(32-25)14-17-9-12-22(21(27)13-17)31-15-18-5-3-4-6-20(18)26/h3-14H,2,15H2,1H3,(H,28,29,30)/b23-14-. The minimum absolute atomic E-state index is 0.153. The number of hydrogen-bond donors (Lipinski definition) is 1. The average Bonchev–Trinajstić information content (AvgIpc) is 3.13. The van der Waals surface area contributed by atoms with Crippen molar-refractivity contribution in [3.05, 3.63) is 97.7 Å². The van der Waals surface area contributed by atoms with Gasteiger partial charge in [0.15, 0.2) is 5.17 Å². The van der Waals surface area contributed by atoms with Crippen LogP contribution in [-0.4, -0.2) is 11.1 Å². The number of nitrogens with one attached hydrogen (secondary N) is 1. The van der Waals surface area contributed by atoms with Gasteiger partial charge in [0.25, 0.3) is 5.91 Å². The van der Waals surface area contributed by atoms with Gasteiger partial charge in [0.05, 0.1) is 14.2 Å². The molecule has 1 saturated heterocycles. The maximum atomic E-state index is 13.8. The molecule has 1 amide bonds. The van der Waals surface area contributed by atoms with Gasteiger partial charge in [0.1, 0.15) is 18.2 Å². The van der Waals surface area contributed by atoms with E-state index < -0.39 is 0 Å². The lowest BCUT2D eigenvalue weighted by Gasteiger charge is -2.09. The molecule has 0 aliphatic carbocycles. The van der Waals surface area contributed by atoms with Crippen molar-refractivity contribution in [3.63, 3.8) is 0 Å². The van der Waals surface area contributed by atoms with Crippen LogP contribution in [0.2, 0.25) is 0 Å². The molecule has 4 rings (SSSR count). The second-order valence-electron chi connectivity index (χ2n) is 7.07. The molecule has 0 radical (unpaired) electrons. The topological polar surface area (TPSA) is 50.7 Å². The van der Waals surface area contributed by atoms with Crippen molar-refractivity contribution in [2.75, 3.05) is 0 Å². The van der Waals surface area contributed by atoms with E-state index in [0.717, 1.165) is 21.2 Å². The van der Waals surface area contributed by atoms with Gasteiger partial charge >= 0.3 is 0 Å². The Labute approximate surface area is 204 Å². The normalized spacial score (nSPS) is 15.9. The Kier molecular flexibility index (Phi) is 7.26. The number of aryl methyl sites for hydroxylation is 1. The molecular formula is C25H20FIN2O2S. The number of hydrogen-bond acceptors (Lipinski definition) is 4. The maximum Gasteiger partial charge on any atom is 0.264 e. The zero-order chi connectivity index (χ0) is 22.5. The largest absolute Gasteiger partial charge is 0.488 e. The smallest absolute Gasteiger partial charge is 0.264 e. The summed E-state index contributed by atoms with van der Waals surface area (Å²) >= 11 is 3.49. The number of halogens is 2. The highest BCUT2D eigenvalue weighted by Gasteiger charge is 2.23. The molecule has 3 aromatic carbocycles. The van der Waals surface area contributed by atoms with Gasteiger partial charge in [-0.15, -0.1) is 0 Å². The minimum atomic E-state index is -0.285. The van der Waals surface area contributed by atoms with Crippen LogP contribution >= 0.6 is 34.4 Å². The summed E-state index contributed by atoms with van der Waals surface area (Å²) in [7, 11) is 0. The van der Waals surface area contributed by atoms with Gasteiger partial charge in [-0.3, -0.25) is 4.79 Å². The van der Waals surface area contributed by atoms with Crippen molar-refractivity contribution in [2.45, 2.75) is 20.0 Å². The molecule has 32 heavy (non-hydrogen) atoms. The second kappa shape index (κ2) is 10.3. The number of rotatable bonds is 6. The van der Waals surface area contributed by atoms with Gasteiger partial charge in [0.2, 0.25) is 0 Å². The van der Waals surface area contributed by atoms with Gasteiger partial charge in [-0.25, -0.2) is 9.38 Å². The van der Waals surface area contributed by atoms with E-state index in [2.05, 4.69) is 39.8 Å². The molecular weight excluding hydrogens is 538 g/mol. The Balaban J connectivity index is 1.45. The number of ether oxygens (including phenoxy) is 1. The Morgan fingerprint density at radius 2 is 1.91 bits per heavy atom. The molecule has 0 atom stereocenters. The van der Waals surface area contributed by atoms with Gasteiger partial charge < -0.3 is 10.1 Å². The van der Waals surface area contributed by atoms with Crippen LogP contribution < -0.4 is 10.1 Å². The van der Waals surface area contributed by atoms with Crippen molar-refractivity contribution >= 4 is 57.2 Å². The quantitative estimate of drug-likeness (QED) is 0.279. The maximum absolute atomic E-state index is 13.8. The molecule has 3 aromatic rings. The van der Waals surface area contributed by atoms with Gasteiger partial charge in [-0.1, -0.05) is 43.3 Å². The number of thioether (sulfide) groups is 1. The molecule has 7 heteroatoms. The van der Waals surface area contributed by atoms with E-state index >= 15 is 0 Å². The minimum Gasteiger partial charge on any atom is -0.488 e. The summed E-state index contributed by atoms with van der Waals surface area (Å²) in [6.45, 7) is 2.26. The first-order valence-corrected chi connectivity index (χ1v) is 12.0. The first-order valence-electron chi connectivity index (χ1n) is 10.1. The Morgan fingerprint density at radius 3 is 2.62 bits per heavy atom. The molecule has 1 fully saturated rings. The summed E-state index contributed by atoms with van der Waals surface area (Å²) in [6, 6.07) is 20.2. The molecule has 1 aliphatic heterocycles. The average molecular weight is 558 g/mol. The number of amidine groups is 1. The molecule has 0 aromatic heterocycles. The summed E-state index contributed by atoms with van der Waals surface area (Å²) in [6.07, 6.45) is 2.80. The molecule has 1 N–H and O–H groups in total. The Morgan fingerprint density at radius 1 is 1.12 bits per heavy atom. The van der Waals surface area contributed by atoms with Crippen LogP contribution in [-0.2, 0) is 17.8 Å². The molecule has 162 valence electrons. The summed E-state index contributed by atoms with van der Waals surface area (Å²) < 4.78 is 20.4. The van der Waals surface area contributed by atoms with E-state index in [0.29, 0.717) is 21.4 Å². The third-order valence-electron chi connectivity index (χ3n) is 4.82. The highest BCUT2D eigenvalue weighted by molar-refractivity contribution is 14.1. The van der Waals surface area contributed by atoms with E-state index in [-0.39, 0.29) is 18.3 Å². The van der Waals surface area contributed by atoms with E-state index in [9.17, 15) is 9.18 Å². The van der Waals surface area contributed by atoms with E-state index in [4.69, 9.17) is 4.74 Å². The zero-order valence-corrected chi connectivity index (χ0v) is 20.2. The van der Waals surface area contributed by atoms with Crippen LogP contribution in [0.3, 0.4) is 0 Å². The van der Waals surface area contributed by atoms with Crippen LogP contribution in [0.25, 0.3) is 6.08 Å². The van der Waals surface area contributed by atoms with E-state index in [1.54, 1.807) is 18.2 Å². The fourth-order valence-electron chi connectivity index (χ4n) is 3.05. The molecule has 0 saturated carbocycles. The van der Waals surface area contributed by atoms with Crippen LogP contribution in [0.15, 0.2) is 76.6 Å². The summed E-state index contributed by atoms with van der Waals surface area (Å²) in [5.74, 6) is 0.207. The molecule has 4 nitrogen and oxygen atoms in total. The molecule has 0 spiro atoms. The molecule has 0 bridgehead atoms.